The van der Waals surface area contributed by atoms with Crippen LogP contribution in [0, 0.1) is 6.92 Å². The zero-order valence-corrected chi connectivity index (χ0v) is 11.2. The number of aliphatic hydroxyl groups is 1. The molecule has 0 spiro atoms. The topological polar surface area (TPSA) is 49.3 Å². The lowest BCUT2D eigenvalue weighted by Gasteiger charge is -2.15. The summed E-state index contributed by atoms with van der Waals surface area (Å²) in [6.07, 6.45) is 2.60. The molecule has 0 aromatic carbocycles. The minimum atomic E-state index is -0.0365. The Bertz CT molecular complexity index is 332. The summed E-state index contributed by atoms with van der Waals surface area (Å²) in [5.41, 5.74) is 0. The zero-order chi connectivity index (χ0) is 12.0. The lowest BCUT2D eigenvalue weighted by atomic mass is 10.2. The number of amides is 1. The number of thioether (sulfide) groups is 1. The zero-order valence-electron chi connectivity index (χ0n) is 9.53. The summed E-state index contributed by atoms with van der Waals surface area (Å²) in [5, 5.41) is 11.8. The molecule has 0 aliphatic carbocycles. The first-order chi connectivity index (χ1) is 7.67. The van der Waals surface area contributed by atoms with E-state index in [1.807, 2.05) is 25.3 Å². The lowest BCUT2D eigenvalue weighted by Crippen LogP contribution is -2.36. The van der Waals surface area contributed by atoms with E-state index in [2.05, 4.69) is 5.32 Å². The predicted molar refractivity (Wildman–Crippen MR) is 70.4 cm³/mol. The first-order valence-electron chi connectivity index (χ1n) is 5.14. The van der Waals surface area contributed by atoms with Crippen LogP contribution in [-0.4, -0.2) is 35.7 Å². The van der Waals surface area contributed by atoms with Gasteiger partial charge in [0.05, 0.1) is 4.88 Å². The molecule has 1 aromatic heterocycles. The van der Waals surface area contributed by atoms with Gasteiger partial charge in [0.2, 0.25) is 0 Å². The van der Waals surface area contributed by atoms with Crippen molar-refractivity contribution < 1.29 is 9.90 Å². The molecule has 1 unspecified atom stereocenters. The fourth-order valence-corrected chi connectivity index (χ4v) is 2.79. The molecule has 0 bridgehead atoms. The third-order valence-electron chi connectivity index (χ3n) is 2.14. The molecule has 1 heterocycles. The Morgan fingerprint density at radius 1 is 1.62 bits per heavy atom. The van der Waals surface area contributed by atoms with Crippen molar-refractivity contribution in [2.75, 3.05) is 18.6 Å². The molecule has 3 nitrogen and oxygen atoms in total. The summed E-state index contributed by atoms with van der Waals surface area (Å²) in [6, 6.07) is 3.83. The number of hydrogen-bond donors (Lipinski definition) is 2. The molecular formula is C11H17NO2S2. The normalized spacial score (nSPS) is 12.4. The molecule has 90 valence electrons. The average Bonchev–Trinajstić information content (AvgIpc) is 2.65. The number of nitrogens with one attached hydrogen (secondary N) is 1. The van der Waals surface area contributed by atoms with Crippen molar-refractivity contribution in [1.82, 2.24) is 5.32 Å². The van der Waals surface area contributed by atoms with Crippen LogP contribution in [0.3, 0.4) is 0 Å². The summed E-state index contributed by atoms with van der Waals surface area (Å²) in [7, 11) is 0. The summed E-state index contributed by atoms with van der Waals surface area (Å²) < 4.78 is 0. The second-order valence-electron chi connectivity index (χ2n) is 3.55. The second-order valence-corrected chi connectivity index (χ2v) is 5.75. The molecule has 1 aromatic rings. The largest absolute Gasteiger partial charge is 0.396 e. The van der Waals surface area contributed by atoms with Crippen molar-refractivity contribution in [3.63, 3.8) is 0 Å². The Labute approximate surface area is 104 Å². The van der Waals surface area contributed by atoms with Gasteiger partial charge in [-0.05, 0) is 31.7 Å². The van der Waals surface area contributed by atoms with Gasteiger partial charge in [-0.3, -0.25) is 4.79 Å². The summed E-state index contributed by atoms with van der Waals surface area (Å²) in [4.78, 5) is 13.7. The van der Waals surface area contributed by atoms with Gasteiger partial charge in [0.1, 0.15) is 0 Å². The van der Waals surface area contributed by atoms with E-state index in [4.69, 9.17) is 5.11 Å². The third kappa shape index (κ3) is 4.15. The molecule has 0 fully saturated rings. The minimum absolute atomic E-state index is 0.0365. The van der Waals surface area contributed by atoms with Crippen molar-refractivity contribution in [2.45, 2.75) is 19.4 Å². The molecular weight excluding hydrogens is 242 g/mol. The van der Waals surface area contributed by atoms with Crippen LogP contribution in [0.2, 0.25) is 0 Å². The Morgan fingerprint density at radius 3 is 2.88 bits per heavy atom. The van der Waals surface area contributed by atoms with E-state index in [0.717, 1.165) is 15.5 Å². The first kappa shape index (κ1) is 13.5. The Kier molecular flexibility index (Phi) is 5.87. The predicted octanol–water partition coefficient (Wildman–Crippen LogP) is 1.90. The van der Waals surface area contributed by atoms with E-state index in [-0.39, 0.29) is 18.6 Å². The van der Waals surface area contributed by atoms with Gasteiger partial charge in [0, 0.05) is 23.3 Å². The molecule has 0 aliphatic rings. The van der Waals surface area contributed by atoms with Crippen molar-refractivity contribution in [2.24, 2.45) is 0 Å². The number of rotatable bonds is 6. The van der Waals surface area contributed by atoms with Gasteiger partial charge in [0.25, 0.3) is 5.91 Å². The Morgan fingerprint density at radius 2 is 2.38 bits per heavy atom. The first-order valence-corrected chi connectivity index (χ1v) is 7.35. The third-order valence-corrected chi connectivity index (χ3v) is 3.88. The minimum Gasteiger partial charge on any atom is -0.396 e. The van der Waals surface area contributed by atoms with Crippen LogP contribution in [0.1, 0.15) is 21.0 Å². The van der Waals surface area contributed by atoms with E-state index in [1.165, 1.54) is 11.3 Å². The van der Waals surface area contributed by atoms with Crippen molar-refractivity contribution >= 4 is 29.0 Å². The van der Waals surface area contributed by atoms with Gasteiger partial charge >= 0.3 is 0 Å². The highest BCUT2D eigenvalue weighted by molar-refractivity contribution is 7.98. The number of thiophene rings is 1. The van der Waals surface area contributed by atoms with Crippen molar-refractivity contribution in [1.29, 1.82) is 0 Å². The number of hydrogen-bond acceptors (Lipinski definition) is 4. The van der Waals surface area contributed by atoms with Crippen LogP contribution in [-0.2, 0) is 0 Å². The molecule has 16 heavy (non-hydrogen) atoms. The molecule has 1 atom stereocenters. The van der Waals surface area contributed by atoms with Crippen LogP contribution >= 0.6 is 23.1 Å². The monoisotopic (exact) mass is 259 g/mol. The molecule has 0 saturated heterocycles. The van der Waals surface area contributed by atoms with Crippen molar-refractivity contribution in [3.8, 4) is 0 Å². The van der Waals surface area contributed by atoms with E-state index in [0.29, 0.717) is 6.42 Å². The number of carbonyl (C=O) groups is 1. The SMILES string of the molecule is CSCC(CCO)NC(=O)c1ccc(C)s1. The van der Waals surface area contributed by atoms with Gasteiger partial charge in [-0.1, -0.05) is 0 Å². The molecule has 2 N–H and O–H groups in total. The molecule has 1 amide bonds. The number of aryl methyl sites for hydroxylation is 1. The Balaban J connectivity index is 2.54. The smallest absolute Gasteiger partial charge is 0.261 e. The lowest BCUT2D eigenvalue weighted by molar-refractivity contribution is 0.0939. The maximum absolute atomic E-state index is 11.8. The number of carbonyl (C=O) groups excluding carboxylic acids is 1. The van der Waals surface area contributed by atoms with Gasteiger partial charge in [-0.15, -0.1) is 11.3 Å². The standard InChI is InChI=1S/C11H17NO2S2/c1-8-3-4-10(16-8)11(14)12-9(5-6-13)7-15-2/h3-4,9,13H,5-7H2,1-2H3,(H,12,14). The van der Waals surface area contributed by atoms with E-state index in [1.54, 1.807) is 11.8 Å². The maximum atomic E-state index is 11.8. The highest BCUT2D eigenvalue weighted by Crippen LogP contribution is 2.15. The summed E-state index contributed by atoms with van der Waals surface area (Å²) in [6.45, 7) is 2.09. The van der Waals surface area contributed by atoms with E-state index < -0.39 is 0 Å². The van der Waals surface area contributed by atoms with E-state index >= 15 is 0 Å². The van der Waals surface area contributed by atoms with E-state index in [9.17, 15) is 4.79 Å². The van der Waals surface area contributed by atoms with Crippen LogP contribution in [0.15, 0.2) is 12.1 Å². The van der Waals surface area contributed by atoms with Gasteiger partial charge < -0.3 is 10.4 Å². The molecule has 0 radical (unpaired) electrons. The summed E-state index contributed by atoms with van der Waals surface area (Å²) >= 11 is 3.16. The van der Waals surface area contributed by atoms with Crippen LogP contribution < -0.4 is 5.32 Å². The fraction of sp³-hybridized carbons (Fsp3) is 0.545. The van der Waals surface area contributed by atoms with Crippen LogP contribution in [0.5, 0.6) is 0 Å². The Hall–Kier alpha value is -0.520. The highest BCUT2D eigenvalue weighted by atomic mass is 32.2. The fourth-order valence-electron chi connectivity index (χ4n) is 1.37. The number of aliphatic hydroxyl groups excluding tert-OH is 1. The summed E-state index contributed by atoms with van der Waals surface area (Å²) in [5.74, 6) is 0.794. The average molecular weight is 259 g/mol. The molecule has 0 saturated carbocycles. The van der Waals surface area contributed by atoms with Gasteiger partial charge in [0.15, 0.2) is 0 Å². The second kappa shape index (κ2) is 6.93. The van der Waals surface area contributed by atoms with Crippen molar-refractivity contribution in [3.05, 3.63) is 21.9 Å². The molecule has 1 rings (SSSR count). The van der Waals surface area contributed by atoms with Gasteiger partial charge in [-0.2, -0.15) is 11.8 Å². The molecule has 0 aliphatic heterocycles. The maximum Gasteiger partial charge on any atom is 0.261 e. The van der Waals surface area contributed by atoms with Crippen LogP contribution in [0.25, 0.3) is 0 Å². The van der Waals surface area contributed by atoms with Gasteiger partial charge in [-0.25, -0.2) is 0 Å². The van der Waals surface area contributed by atoms with Crippen LogP contribution in [0.4, 0.5) is 0 Å². The quantitative estimate of drug-likeness (QED) is 0.820. The molecule has 5 heteroatoms. The highest BCUT2D eigenvalue weighted by Gasteiger charge is 2.13.